The summed E-state index contributed by atoms with van der Waals surface area (Å²) in [4.78, 5) is 5.42. The lowest BCUT2D eigenvalue weighted by molar-refractivity contribution is 0.276. The molecule has 1 aliphatic rings. The minimum atomic E-state index is -0.839. The van der Waals surface area contributed by atoms with Gasteiger partial charge in [0.05, 0.1) is 11.9 Å². The molecule has 1 fully saturated rings. The fourth-order valence-electron chi connectivity index (χ4n) is 1.70. The van der Waals surface area contributed by atoms with Crippen LogP contribution in [0.1, 0.15) is 12.1 Å². The molecule has 0 N–H and O–H groups in total. The fourth-order valence-corrected chi connectivity index (χ4v) is 1.70. The quantitative estimate of drug-likeness (QED) is 0.750. The van der Waals surface area contributed by atoms with E-state index in [1.165, 1.54) is 0 Å². The summed E-state index contributed by atoms with van der Waals surface area (Å²) in [6.45, 7) is 1.14. The van der Waals surface area contributed by atoms with Gasteiger partial charge in [-0.3, -0.25) is 9.88 Å². The smallest absolute Gasteiger partial charge is 0.148 e. The van der Waals surface area contributed by atoms with E-state index >= 15 is 0 Å². The van der Waals surface area contributed by atoms with Crippen molar-refractivity contribution in [2.45, 2.75) is 19.1 Å². The fraction of sp³-hybridized carbons (Fsp3) is 0.500. The van der Waals surface area contributed by atoms with Crippen molar-refractivity contribution in [1.82, 2.24) is 9.88 Å². The van der Waals surface area contributed by atoms with Crippen LogP contribution in [0, 0.1) is 11.6 Å². The van der Waals surface area contributed by atoms with Crippen LogP contribution in [0.25, 0.3) is 0 Å². The SMILES string of the molecule is Fc1cnc(CN2CCC(F)C2)c(F)c1. The van der Waals surface area contributed by atoms with Gasteiger partial charge in [-0.15, -0.1) is 0 Å². The molecule has 0 spiro atoms. The first-order valence-electron chi connectivity index (χ1n) is 4.81. The number of aromatic nitrogens is 1. The first-order chi connectivity index (χ1) is 7.15. The lowest BCUT2D eigenvalue weighted by Gasteiger charge is -2.13. The Morgan fingerprint density at radius 1 is 1.47 bits per heavy atom. The van der Waals surface area contributed by atoms with Crippen LogP contribution in [0.2, 0.25) is 0 Å². The first kappa shape index (κ1) is 10.4. The van der Waals surface area contributed by atoms with Crippen molar-refractivity contribution in [3.8, 4) is 0 Å². The van der Waals surface area contributed by atoms with Crippen LogP contribution < -0.4 is 0 Å². The van der Waals surface area contributed by atoms with E-state index in [2.05, 4.69) is 4.98 Å². The maximum absolute atomic E-state index is 13.2. The summed E-state index contributed by atoms with van der Waals surface area (Å²) in [5.41, 5.74) is 0.172. The van der Waals surface area contributed by atoms with Gasteiger partial charge in [-0.1, -0.05) is 0 Å². The summed E-state index contributed by atoms with van der Waals surface area (Å²) in [5, 5.41) is 0. The van der Waals surface area contributed by atoms with Gasteiger partial charge in [0.1, 0.15) is 17.8 Å². The zero-order valence-corrected chi connectivity index (χ0v) is 8.09. The van der Waals surface area contributed by atoms with E-state index in [1.807, 2.05) is 0 Å². The summed E-state index contributed by atoms with van der Waals surface area (Å²) >= 11 is 0. The highest BCUT2D eigenvalue weighted by molar-refractivity contribution is 5.08. The van der Waals surface area contributed by atoms with Crippen LogP contribution in [-0.2, 0) is 6.54 Å². The van der Waals surface area contributed by atoms with Crippen molar-refractivity contribution in [3.05, 3.63) is 29.6 Å². The van der Waals surface area contributed by atoms with E-state index in [4.69, 9.17) is 0 Å². The van der Waals surface area contributed by atoms with Gasteiger partial charge in [-0.2, -0.15) is 0 Å². The van der Waals surface area contributed by atoms with Gasteiger partial charge in [-0.05, 0) is 6.42 Å². The van der Waals surface area contributed by atoms with E-state index in [0.29, 0.717) is 19.5 Å². The molecule has 1 atom stereocenters. The van der Waals surface area contributed by atoms with Gasteiger partial charge in [0.15, 0.2) is 0 Å². The molecule has 1 aromatic heterocycles. The Morgan fingerprint density at radius 3 is 2.87 bits per heavy atom. The number of rotatable bonds is 2. The van der Waals surface area contributed by atoms with Crippen LogP contribution in [0.5, 0.6) is 0 Å². The summed E-state index contributed by atoms with van der Waals surface area (Å²) in [7, 11) is 0. The zero-order valence-electron chi connectivity index (χ0n) is 8.09. The van der Waals surface area contributed by atoms with Crippen LogP contribution in [0.4, 0.5) is 13.2 Å². The van der Waals surface area contributed by atoms with Crippen LogP contribution in [0.3, 0.4) is 0 Å². The Bertz CT molecular complexity index is 357. The van der Waals surface area contributed by atoms with E-state index < -0.39 is 17.8 Å². The molecule has 5 heteroatoms. The number of halogens is 3. The predicted molar refractivity (Wildman–Crippen MR) is 48.9 cm³/mol. The lowest BCUT2D eigenvalue weighted by Crippen LogP contribution is -2.21. The van der Waals surface area contributed by atoms with Gasteiger partial charge in [-0.25, -0.2) is 13.2 Å². The molecule has 82 valence electrons. The van der Waals surface area contributed by atoms with E-state index in [1.54, 1.807) is 4.90 Å². The van der Waals surface area contributed by atoms with Crippen molar-refractivity contribution in [2.24, 2.45) is 0 Å². The van der Waals surface area contributed by atoms with Gasteiger partial charge < -0.3 is 0 Å². The molecule has 15 heavy (non-hydrogen) atoms. The Labute approximate surface area is 85.7 Å². The molecule has 0 aliphatic carbocycles. The number of hydrogen-bond acceptors (Lipinski definition) is 2. The third-order valence-corrected chi connectivity index (χ3v) is 2.47. The van der Waals surface area contributed by atoms with E-state index in [0.717, 1.165) is 12.3 Å². The Hall–Kier alpha value is -1.10. The van der Waals surface area contributed by atoms with Gasteiger partial charge in [0, 0.05) is 25.7 Å². The maximum atomic E-state index is 13.2. The number of pyridine rings is 1. The molecule has 0 amide bonds. The highest BCUT2D eigenvalue weighted by atomic mass is 19.1. The summed E-state index contributed by atoms with van der Waals surface area (Å²) in [6, 6.07) is 0.797. The number of alkyl halides is 1. The lowest BCUT2D eigenvalue weighted by atomic mass is 10.3. The molecule has 0 saturated carbocycles. The summed E-state index contributed by atoms with van der Waals surface area (Å²) < 4.78 is 38.6. The molecule has 2 heterocycles. The van der Waals surface area contributed by atoms with Crippen LogP contribution in [0.15, 0.2) is 12.3 Å². The normalized spacial score (nSPS) is 22.2. The molecular formula is C10H11F3N2. The Morgan fingerprint density at radius 2 is 2.27 bits per heavy atom. The third-order valence-electron chi connectivity index (χ3n) is 2.47. The summed E-state index contributed by atoms with van der Waals surface area (Å²) in [6.07, 6.45) is 0.609. The maximum Gasteiger partial charge on any atom is 0.148 e. The molecule has 1 saturated heterocycles. The second kappa shape index (κ2) is 4.18. The highest BCUT2D eigenvalue weighted by Crippen LogP contribution is 2.16. The van der Waals surface area contributed by atoms with Crippen molar-refractivity contribution in [1.29, 1.82) is 0 Å². The molecule has 0 aromatic carbocycles. The monoisotopic (exact) mass is 216 g/mol. The predicted octanol–water partition coefficient (Wildman–Crippen LogP) is 1.90. The molecule has 0 radical (unpaired) electrons. The molecule has 2 rings (SSSR count). The first-order valence-corrected chi connectivity index (χ1v) is 4.81. The van der Waals surface area contributed by atoms with Gasteiger partial charge in [0.25, 0.3) is 0 Å². The van der Waals surface area contributed by atoms with E-state index in [9.17, 15) is 13.2 Å². The van der Waals surface area contributed by atoms with Crippen molar-refractivity contribution in [3.63, 3.8) is 0 Å². The topological polar surface area (TPSA) is 16.1 Å². The third kappa shape index (κ3) is 2.47. The average molecular weight is 216 g/mol. The minimum Gasteiger partial charge on any atom is -0.294 e. The van der Waals surface area contributed by atoms with Gasteiger partial charge >= 0.3 is 0 Å². The second-order valence-corrected chi connectivity index (χ2v) is 3.70. The summed E-state index contributed by atoms with van der Waals surface area (Å²) in [5.74, 6) is -1.36. The molecule has 1 unspecified atom stereocenters. The van der Waals surface area contributed by atoms with Crippen molar-refractivity contribution < 1.29 is 13.2 Å². The van der Waals surface area contributed by atoms with E-state index in [-0.39, 0.29) is 12.2 Å². The Balaban J connectivity index is 2.04. The highest BCUT2D eigenvalue weighted by Gasteiger charge is 2.22. The molecule has 0 bridgehead atoms. The number of nitrogens with zero attached hydrogens (tertiary/aromatic N) is 2. The van der Waals surface area contributed by atoms with Crippen molar-refractivity contribution >= 4 is 0 Å². The zero-order chi connectivity index (χ0) is 10.8. The molecule has 1 aromatic rings. The molecule has 2 nitrogen and oxygen atoms in total. The average Bonchev–Trinajstić information content (AvgIpc) is 2.56. The largest absolute Gasteiger partial charge is 0.294 e. The van der Waals surface area contributed by atoms with Crippen molar-refractivity contribution in [2.75, 3.05) is 13.1 Å². The molecule has 1 aliphatic heterocycles. The Kier molecular flexibility index (Phi) is 2.90. The molecular weight excluding hydrogens is 205 g/mol. The van der Waals surface area contributed by atoms with Crippen LogP contribution >= 0.6 is 0 Å². The standard InChI is InChI=1S/C10H11F3N2/c11-7-1-2-15(5-7)6-10-9(13)3-8(12)4-14-10/h3-4,7H,1-2,5-6H2. The van der Waals surface area contributed by atoms with Gasteiger partial charge in [0.2, 0.25) is 0 Å². The number of hydrogen-bond donors (Lipinski definition) is 0. The number of likely N-dealkylation sites (tertiary alicyclic amines) is 1. The second-order valence-electron chi connectivity index (χ2n) is 3.70. The van der Waals surface area contributed by atoms with Crippen LogP contribution in [-0.4, -0.2) is 29.1 Å². The minimum absolute atomic E-state index is 0.172.